The molecule has 0 amide bonds. The molecule has 2 saturated heterocycles. The van der Waals surface area contributed by atoms with E-state index in [9.17, 15) is 8.42 Å². The molecule has 4 fully saturated rings. The molecular weight excluding hydrogens is 354 g/mol. The van der Waals surface area contributed by atoms with Crippen molar-refractivity contribution in [2.45, 2.75) is 44.5 Å². The van der Waals surface area contributed by atoms with Gasteiger partial charge < -0.3 is 9.47 Å². The Balaban J connectivity index is 1.78. The first-order chi connectivity index (χ1) is 12.3. The number of morpholine rings is 2. The van der Waals surface area contributed by atoms with Crippen molar-refractivity contribution in [3.05, 3.63) is 0 Å². The average Bonchev–Trinajstić information content (AvgIpc) is 2.98. The van der Waals surface area contributed by atoms with E-state index in [0.29, 0.717) is 32.2 Å². The molecule has 2 heterocycles. The molecule has 2 aliphatic heterocycles. The lowest BCUT2D eigenvalue weighted by Gasteiger charge is -2.54. The van der Waals surface area contributed by atoms with Gasteiger partial charge in [0.1, 0.15) is 5.37 Å². The van der Waals surface area contributed by atoms with E-state index >= 15 is 0 Å². The molecule has 2 N–H and O–H groups in total. The van der Waals surface area contributed by atoms with Crippen LogP contribution in [-0.4, -0.2) is 82.2 Å². The van der Waals surface area contributed by atoms with Gasteiger partial charge in [0.05, 0.1) is 26.4 Å². The third kappa shape index (κ3) is 2.76. The Morgan fingerprint density at radius 2 is 1.62 bits per heavy atom. The van der Waals surface area contributed by atoms with Crippen LogP contribution < -0.4 is 5.14 Å². The van der Waals surface area contributed by atoms with Gasteiger partial charge in [0.2, 0.25) is 10.0 Å². The predicted molar refractivity (Wildman–Crippen MR) is 99.0 cm³/mol. The Labute approximate surface area is 157 Å². The summed E-state index contributed by atoms with van der Waals surface area (Å²) in [5, 5.41) is 5.30. The first-order valence-corrected chi connectivity index (χ1v) is 11.5. The molecule has 150 valence electrons. The number of primary sulfonamides is 1. The summed E-state index contributed by atoms with van der Waals surface area (Å²) in [5.74, 6) is 0.556. The van der Waals surface area contributed by atoms with Gasteiger partial charge in [0.25, 0.3) is 0 Å². The maximum atomic E-state index is 13.0. The fourth-order valence-corrected chi connectivity index (χ4v) is 8.36. The Bertz CT molecular complexity index is 628. The van der Waals surface area contributed by atoms with Gasteiger partial charge in [-0.05, 0) is 30.6 Å². The van der Waals surface area contributed by atoms with Crippen LogP contribution in [-0.2, 0) is 19.5 Å². The van der Waals surface area contributed by atoms with E-state index in [-0.39, 0.29) is 16.9 Å². The summed E-state index contributed by atoms with van der Waals surface area (Å²) < 4.78 is 37.0. The lowest BCUT2D eigenvalue weighted by Crippen LogP contribution is -2.66. The summed E-state index contributed by atoms with van der Waals surface area (Å²) in [5.41, 5.74) is -0.384. The molecule has 8 heteroatoms. The van der Waals surface area contributed by atoms with Crippen LogP contribution >= 0.6 is 0 Å². The van der Waals surface area contributed by atoms with E-state index in [0.717, 1.165) is 45.6 Å². The molecule has 0 spiro atoms. The highest BCUT2D eigenvalue weighted by Gasteiger charge is 2.71. The van der Waals surface area contributed by atoms with Crippen molar-refractivity contribution in [1.29, 1.82) is 0 Å². The van der Waals surface area contributed by atoms with E-state index in [1.165, 1.54) is 0 Å². The van der Waals surface area contributed by atoms with Crippen LogP contribution in [0.5, 0.6) is 0 Å². The third-order valence-electron chi connectivity index (χ3n) is 7.84. The molecule has 26 heavy (non-hydrogen) atoms. The first kappa shape index (κ1) is 19.1. The maximum absolute atomic E-state index is 13.0. The van der Waals surface area contributed by atoms with Crippen molar-refractivity contribution in [1.82, 2.24) is 9.80 Å². The number of hydrogen-bond donors (Lipinski definition) is 1. The normalized spacial score (nSPS) is 40.0. The zero-order valence-corrected chi connectivity index (χ0v) is 16.8. The smallest absolute Gasteiger partial charge is 0.225 e. The maximum Gasteiger partial charge on any atom is 0.225 e. The van der Waals surface area contributed by atoms with Gasteiger partial charge in [0, 0.05) is 37.6 Å². The van der Waals surface area contributed by atoms with E-state index < -0.39 is 15.4 Å². The summed E-state index contributed by atoms with van der Waals surface area (Å²) in [6, 6.07) is 0.256. The van der Waals surface area contributed by atoms with Crippen LogP contribution in [0.3, 0.4) is 0 Å². The zero-order valence-electron chi connectivity index (χ0n) is 16.0. The minimum absolute atomic E-state index is 0.0502. The van der Waals surface area contributed by atoms with E-state index in [2.05, 4.69) is 23.6 Å². The zero-order chi connectivity index (χ0) is 18.6. The molecule has 4 aliphatic rings. The van der Waals surface area contributed by atoms with Crippen LogP contribution in [0.2, 0.25) is 0 Å². The largest absolute Gasteiger partial charge is 0.379 e. The van der Waals surface area contributed by atoms with Crippen molar-refractivity contribution in [3.8, 4) is 0 Å². The molecule has 2 aliphatic carbocycles. The molecule has 4 atom stereocenters. The summed E-state index contributed by atoms with van der Waals surface area (Å²) in [4.78, 5) is 4.59. The summed E-state index contributed by atoms with van der Waals surface area (Å²) >= 11 is 0. The van der Waals surface area contributed by atoms with Gasteiger partial charge in [-0.1, -0.05) is 13.8 Å². The number of ether oxygens (including phenoxy) is 2. The summed E-state index contributed by atoms with van der Waals surface area (Å²) in [6.45, 7) is 10.2. The van der Waals surface area contributed by atoms with Gasteiger partial charge in [0.15, 0.2) is 0 Å². The van der Waals surface area contributed by atoms with Crippen LogP contribution in [0.15, 0.2) is 0 Å². The number of nitrogens with zero attached hydrogens (tertiary/aromatic N) is 2. The molecule has 0 aromatic carbocycles. The quantitative estimate of drug-likeness (QED) is 0.754. The van der Waals surface area contributed by atoms with Crippen LogP contribution in [0, 0.1) is 16.7 Å². The fourth-order valence-electron chi connectivity index (χ4n) is 6.57. The van der Waals surface area contributed by atoms with Gasteiger partial charge in [-0.3, -0.25) is 9.80 Å². The van der Waals surface area contributed by atoms with E-state index in [1.807, 2.05) is 0 Å². The molecule has 2 bridgehead atoms. The average molecular weight is 388 g/mol. The topological polar surface area (TPSA) is 85.1 Å². The molecule has 7 nitrogen and oxygen atoms in total. The summed E-state index contributed by atoms with van der Waals surface area (Å²) in [7, 11) is -3.72. The molecule has 0 aromatic heterocycles. The van der Waals surface area contributed by atoms with Gasteiger partial charge in [-0.15, -0.1) is 0 Å². The molecule has 3 unspecified atom stereocenters. The Hall–Kier alpha value is -0.250. The fraction of sp³-hybridized carbons (Fsp3) is 1.00. The molecule has 4 rings (SSSR count). The Morgan fingerprint density at radius 3 is 2.15 bits per heavy atom. The lowest BCUT2D eigenvalue weighted by molar-refractivity contribution is -0.0724. The molecule has 2 saturated carbocycles. The van der Waals surface area contributed by atoms with Crippen LogP contribution in [0.1, 0.15) is 33.1 Å². The highest BCUT2D eigenvalue weighted by atomic mass is 32.2. The second-order valence-corrected chi connectivity index (χ2v) is 10.6. The Morgan fingerprint density at radius 1 is 1.04 bits per heavy atom. The van der Waals surface area contributed by atoms with E-state index in [1.54, 1.807) is 0 Å². The predicted octanol–water partition coefficient (Wildman–Crippen LogP) is 0.460. The van der Waals surface area contributed by atoms with Gasteiger partial charge >= 0.3 is 0 Å². The van der Waals surface area contributed by atoms with Crippen molar-refractivity contribution in [2.24, 2.45) is 21.9 Å². The Kier molecular flexibility index (Phi) is 4.90. The lowest BCUT2D eigenvalue weighted by atomic mass is 9.66. The number of fused-ring (bicyclic) bond motifs is 2. The van der Waals surface area contributed by atoms with Crippen LogP contribution in [0.4, 0.5) is 0 Å². The highest BCUT2D eigenvalue weighted by molar-refractivity contribution is 7.89. The summed E-state index contributed by atoms with van der Waals surface area (Å²) in [6.07, 6.45) is 3.11. The van der Waals surface area contributed by atoms with E-state index in [4.69, 9.17) is 14.6 Å². The van der Waals surface area contributed by atoms with Crippen LogP contribution in [0.25, 0.3) is 0 Å². The molecule has 0 aromatic rings. The number of nitrogens with two attached hydrogens (primary N) is 1. The minimum atomic E-state index is -3.72. The first-order valence-electron chi connectivity index (χ1n) is 9.94. The van der Waals surface area contributed by atoms with Gasteiger partial charge in [-0.25, -0.2) is 13.6 Å². The monoisotopic (exact) mass is 387 g/mol. The molecular formula is C18H33N3O4S. The highest BCUT2D eigenvalue weighted by Crippen LogP contribution is 2.69. The number of hydrogen-bond acceptors (Lipinski definition) is 6. The second-order valence-electron chi connectivity index (χ2n) is 8.99. The number of sulfonamides is 1. The standard InChI is InChI=1S/C18H33N3O4S/c1-17(2)14-3-4-18(17,15(13-14)20-5-9-24-10-6-20)16(26(19,22)23)21-7-11-25-12-8-21/h14-16H,3-13H2,1-2H3,(H2,19,22,23)/t14?,15?,16-,18?/m0/s1. The van der Waals surface area contributed by atoms with Gasteiger partial charge in [-0.2, -0.15) is 0 Å². The van der Waals surface area contributed by atoms with Crippen molar-refractivity contribution in [2.75, 3.05) is 52.6 Å². The van der Waals surface area contributed by atoms with Crippen molar-refractivity contribution >= 4 is 10.0 Å². The van der Waals surface area contributed by atoms with Crippen molar-refractivity contribution < 1.29 is 17.9 Å². The third-order valence-corrected chi connectivity index (χ3v) is 9.19. The minimum Gasteiger partial charge on any atom is -0.379 e. The second kappa shape index (κ2) is 6.67. The molecule has 0 radical (unpaired) electrons. The SMILES string of the molecule is CC1(C)C2CCC1([C@@H](N1CCOCC1)S(N)(=O)=O)C(N1CCOCC1)C2. The number of rotatable bonds is 4. The van der Waals surface area contributed by atoms with Crippen molar-refractivity contribution in [3.63, 3.8) is 0 Å².